The number of aromatic nitrogens is 4. The van der Waals surface area contributed by atoms with Crippen LogP contribution in [-0.2, 0) is 32.1 Å². The van der Waals surface area contributed by atoms with E-state index in [1.807, 2.05) is 12.1 Å². The molecule has 2 fully saturated rings. The van der Waals surface area contributed by atoms with Crippen molar-refractivity contribution >= 4 is 23.2 Å². The second kappa shape index (κ2) is 15.5. The third-order valence-electron chi connectivity index (χ3n) is 8.90. The minimum absolute atomic E-state index is 0.0753. The highest BCUT2D eigenvalue weighted by atomic mass is 35.5. The fraction of sp³-hybridized carbons (Fsp3) is 0.515. The summed E-state index contributed by atoms with van der Waals surface area (Å²) in [6.45, 7) is 1.14. The first kappa shape index (κ1) is 34.0. The molecule has 0 unspecified atom stereocenters. The SMILES string of the molecule is O=c1onc(Cc2cccc(Cl)c2Cl)n1CC1CCCCC1.O=c1onc(Cc2ccccc2C(F)(F)F)n1CC1CCCCC1. The van der Waals surface area contributed by atoms with Crippen molar-refractivity contribution in [1.29, 1.82) is 0 Å². The van der Waals surface area contributed by atoms with Gasteiger partial charge < -0.3 is 0 Å². The van der Waals surface area contributed by atoms with Gasteiger partial charge in [0.05, 0.1) is 15.6 Å². The van der Waals surface area contributed by atoms with Crippen LogP contribution < -0.4 is 11.5 Å². The van der Waals surface area contributed by atoms with Crippen LogP contribution in [0.1, 0.15) is 92.5 Å². The van der Waals surface area contributed by atoms with Gasteiger partial charge in [-0.25, -0.2) is 9.59 Å². The van der Waals surface area contributed by atoms with E-state index in [9.17, 15) is 22.8 Å². The zero-order chi connectivity index (χ0) is 32.7. The van der Waals surface area contributed by atoms with Crippen LogP contribution in [0.15, 0.2) is 61.1 Å². The Balaban J connectivity index is 0.000000182. The molecule has 0 atom stereocenters. The number of nitrogens with zero attached hydrogens (tertiary/aromatic N) is 4. The highest BCUT2D eigenvalue weighted by molar-refractivity contribution is 6.42. The van der Waals surface area contributed by atoms with E-state index in [4.69, 9.17) is 32.2 Å². The number of halogens is 5. The maximum atomic E-state index is 13.1. The van der Waals surface area contributed by atoms with E-state index in [1.165, 1.54) is 42.4 Å². The van der Waals surface area contributed by atoms with Crippen molar-refractivity contribution in [3.63, 3.8) is 0 Å². The quantitative estimate of drug-likeness (QED) is 0.186. The molecule has 0 N–H and O–H groups in total. The van der Waals surface area contributed by atoms with Crippen molar-refractivity contribution in [1.82, 2.24) is 19.4 Å². The molecule has 0 spiro atoms. The summed E-state index contributed by atoms with van der Waals surface area (Å²) in [5, 5.41) is 8.64. The summed E-state index contributed by atoms with van der Waals surface area (Å²) in [5.41, 5.74) is 0.236. The van der Waals surface area contributed by atoms with E-state index >= 15 is 0 Å². The van der Waals surface area contributed by atoms with Crippen LogP contribution in [0.4, 0.5) is 13.2 Å². The van der Waals surface area contributed by atoms with Gasteiger partial charge in [0, 0.05) is 25.9 Å². The molecule has 2 heterocycles. The monoisotopic (exact) mass is 680 g/mol. The molecular weight excluding hydrogens is 644 g/mol. The Morgan fingerprint density at radius 3 is 1.70 bits per heavy atom. The molecular formula is C33H37Cl2F3N4O4. The van der Waals surface area contributed by atoms with Gasteiger partial charge in [-0.15, -0.1) is 0 Å². The summed E-state index contributed by atoms with van der Waals surface area (Å²) in [6.07, 6.45) is 7.51. The largest absolute Gasteiger partial charge is 0.441 e. The second-order valence-corrected chi connectivity index (χ2v) is 13.0. The van der Waals surface area contributed by atoms with E-state index in [0.717, 1.165) is 50.2 Å². The van der Waals surface area contributed by atoms with Crippen LogP contribution in [0.2, 0.25) is 10.0 Å². The van der Waals surface area contributed by atoms with Crippen LogP contribution in [0.3, 0.4) is 0 Å². The molecule has 2 aromatic heterocycles. The highest BCUT2D eigenvalue weighted by Gasteiger charge is 2.33. The predicted molar refractivity (Wildman–Crippen MR) is 168 cm³/mol. The fourth-order valence-electron chi connectivity index (χ4n) is 6.44. The molecule has 6 rings (SSSR count). The lowest BCUT2D eigenvalue weighted by molar-refractivity contribution is -0.138. The highest BCUT2D eigenvalue weighted by Crippen LogP contribution is 2.33. The molecule has 0 bridgehead atoms. The lowest BCUT2D eigenvalue weighted by atomic mass is 9.89. The minimum Gasteiger partial charge on any atom is -0.296 e. The van der Waals surface area contributed by atoms with Crippen LogP contribution >= 0.6 is 23.2 Å². The predicted octanol–water partition coefficient (Wildman–Crippen LogP) is 8.34. The molecule has 46 heavy (non-hydrogen) atoms. The van der Waals surface area contributed by atoms with E-state index < -0.39 is 23.3 Å². The normalized spacial score (nSPS) is 16.3. The van der Waals surface area contributed by atoms with Gasteiger partial charge >= 0.3 is 17.7 Å². The van der Waals surface area contributed by atoms with Crippen molar-refractivity contribution < 1.29 is 22.2 Å². The Hall–Kier alpha value is -3.31. The van der Waals surface area contributed by atoms with Gasteiger partial charge in [0.15, 0.2) is 11.6 Å². The standard InChI is InChI=1S/C17H19F3N2O2.C16H18Cl2N2O2/c18-17(19,20)14-9-5-4-8-13(14)10-15-21-24-16(23)22(15)11-12-6-2-1-3-7-12;17-13-8-4-7-12(15(13)18)9-14-19-22-16(21)20(14)10-11-5-2-1-3-6-11/h4-5,8-9,12H,1-3,6-7,10-11H2;4,7-8,11H,1-3,5-6,9-10H2. The number of hydrogen-bond donors (Lipinski definition) is 0. The summed E-state index contributed by atoms with van der Waals surface area (Å²) >= 11 is 12.3. The van der Waals surface area contributed by atoms with Gasteiger partial charge in [0.1, 0.15) is 0 Å². The van der Waals surface area contributed by atoms with E-state index in [-0.39, 0.29) is 17.8 Å². The van der Waals surface area contributed by atoms with Gasteiger partial charge in [0.2, 0.25) is 0 Å². The third kappa shape index (κ3) is 8.73. The van der Waals surface area contributed by atoms with E-state index in [2.05, 4.69) is 10.3 Å². The van der Waals surface area contributed by atoms with E-state index in [1.54, 1.807) is 16.7 Å². The van der Waals surface area contributed by atoms with Crippen molar-refractivity contribution in [3.8, 4) is 0 Å². The first-order valence-electron chi connectivity index (χ1n) is 15.8. The number of alkyl halides is 3. The molecule has 0 amide bonds. The smallest absolute Gasteiger partial charge is 0.296 e. The summed E-state index contributed by atoms with van der Waals surface area (Å²) in [7, 11) is 0. The molecule has 2 aliphatic rings. The molecule has 0 saturated heterocycles. The first-order valence-corrected chi connectivity index (χ1v) is 16.5. The molecule has 8 nitrogen and oxygen atoms in total. The lowest BCUT2D eigenvalue weighted by Crippen LogP contribution is -2.24. The Kier molecular flexibility index (Phi) is 11.5. The molecule has 0 aliphatic heterocycles. The summed E-state index contributed by atoms with van der Waals surface area (Å²) < 4.78 is 52.0. The van der Waals surface area contributed by atoms with Gasteiger partial charge in [-0.05, 0) is 60.8 Å². The van der Waals surface area contributed by atoms with Gasteiger partial charge in [-0.1, -0.05) is 102 Å². The molecule has 248 valence electrons. The zero-order valence-corrected chi connectivity index (χ0v) is 26.9. The number of hydrogen-bond acceptors (Lipinski definition) is 6. The first-order chi connectivity index (χ1) is 22.1. The van der Waals surface area contributed by atoms with Gasteiger partial charge in [0.25, 0.3) is 0 Å². The Morgan fingerprint density at radius 1 is 0.696 bits per heavy atom. The van der Waals surface area contributed by atoms with Crippen molar-refractivity contribution in [2.75, 3.05) is 0 Å². The molecule has 13 heteroatoms. The molecule has 2 saturated carbocycles. The maximum Gasteiger partial charge on any atom is 0.441 e. The topological polar surface area (TPSA) is 96.1 Å². The Bertz CT molecular complexity index is 1700. The van der Waals surface area contributed by atoms with Crippen molar-refractivity contribution in [3.05, 3.63) is 102 Å². The molecule has 0 radical (unpaired) electrons. The van der Waals surface area contributed by atoms with Crippen LogP contribution in [0.25, 0.3) is 0 Å². The zero-order valence-electron chi connectivity index (χ0n) is 25.4. The van der Waals surface area contributed by atoms with Crippen LogP contribution in [0.5, 0.6) is 0 Å². The maximum absolute atomic E-state index is 13.1. The molecule has 2 aromatic carbocycles. The third-order valence-corrected chi connectivity index (χ3v) is 9.76. The second-order valence-electron chi connectivity index (χ2n) is 12.2. The number of benzene rings is 2. The van der Waals surface area contributed by atoms with Gasteiger partial charge in [-0.2, -0.15) is 13.2 Å². The lowest BCUT2D eigenvalue weighted by Gasteiger charge is -2.21. The average molecular weight is 682 g/mol. The summed E-state index contributed by atoms with van der Waals surface area (Å²) in [5.74, 6) is 0.757. The summed E-state index contributed by atoms with van der Waals surface area (Å²) in [6, 6.07) is 10.8. The van der Waals surface area contributed by atoms with Crippen LogP contribution in [0, 0.1) is 11.8 Å². The average Bonchev–Trinajstić information content (AvgIpc) is 3.57. The van der Waals surface area contributed by atoms with Crippen LogP contribution in [-0.4, -0.2) is 19.4 Å². The number of rotatable bonds is 8. The minimum atomic E-state index is -4.44. The Morgan fingerprint density at radius 2 is 1.17 bits per heavy atom. The summed E-state index contributed by atoms with van der Waals surface area (Å²) in [4.78, 5) is 23.8. The molecule has 2 aliphatic carbocycles. The fourth-order valence-corrected chi connectivity index (χ4v) is 6.83. The molecule has 4 aromatic rings. The van der Waals surface area contributed by atoms with Gasteiger partial charge in [-0.3, -0.25) is 18.2 Å². The van der Waals surface area contributed by atoms with E-state index in [0.29, 0.717) is 47.2 Å². The Labute approximate surface area is 274 Å². The van der Waals surface area contributed by atoms with Crippen molar-refractivity contribution in [2.45, 2.75) is 96.3 Å². The van der Waals surface area contributed by atoms with Crippen molar-refractivity contribution in [2.24, 2.45) is 11.8 Å².